The molecule has 0 aliphatic carbocycles. The van der Waals surface area contributed by atoms with Gasteiger partial charge in [-0.25, -0.2) is 4.98 Å². The largest absolute Gasteiger partial charge is 0.372 e. The molecule has 0 radical (unpaired) electrons. The number of nitrogens with zero attached hydrogens (tertiary/aromatic N) is 4. The molecule has 142 valence electrons. The monoisotopic (exact) mass is 382 g/mol. The Balaban J connectivity index is 1.37. The van der Waals surface area contributed by atoms with E-state index in [9.17, 15) is 0 Å². The first-order valence-electron chi connectivity index (χ1n) is 9.46. The van der Waals surface area contributed by atoms with Crippen LogP contribution in [0, 0.1) is 0 Å². The molecular weight excluding hydrogens is 356 g/mol. The van der Waals surface area contributed by atoms with Gasteiger partial charge in [0.05, 0.1) is 18.3 Å². The summed E-state index contributed by atoms with van der Waals surface area (Å²) in [5, 5.41) is 8.89. The van der Waals surface area contributed by atoms with Gasteiger partial charge in [0.15, 0.2) is 10.9 Å². The van der Waals surface area contributed by atoms with Crippen LogP contribution in [0.4, 0.5) is 5.69 Å². The molecule has 0 amide bonds. The number of fused-ring (bicyclic) bond motifs is 1. The maximum Gasteiger partial charge on any atom is 0.193 e. The molecule has 1 aliphatic heterocycles. The summed E-state index contributed by atoms with van der Waals surface area (Å²) in [7, 11) is 1.80. The summed E-state index contributed by atoms with van der Waals surface area (Å²) < 4.78 is 2.05. The molecule has 0 bridgehead atoms. The van der Waals surface area contributed by atoms with Crippen molar-refractivity contribution >= 4 is 27.9 Å². The second-order valence-electron chi connectivity index (χ2n) is 6.91. The second kappa shape index (κ2) is 8.00. The number of thiazole rings is 1. The Kier molecular flexibility index (Phi) is 5.29. The van der Waals surface area contributed by atoms with Crippen LogP contribution in [0.3, 0.4) is 0 Å². The molecule has 0 saturated carbocycles. The first-order chi connectivity index (χ1) is 13.2. The maximum atomic E-state index is 4.60. The lowest BCUT2D eigenvalue weighted by Gasteiger charge is -2.22. The van der Waals surface area contributed by atoms with Crippen LogP contribution in [0.25, 0.3) is 4.96 Å². The van der Waals surface area contributed by atoms with Gasteiger partial charge >= 0.3 is 0 Å². The number of hydrogen-bond donors (Lipinski definition) is 2. The highest BCUT2D eigenvalue weighted by atomic mass is 32.1. The molecule has 4 rings (SSSR count). The van der Waals surface area contributed by atoms with Crippen LogP contribution in [0.15, 0.2) is 47.0 Å². The third-order valence-corrected chi connectivity index (χ3v) is 5.77. The number of guanidine groups is 1. The number of hydrogen-bond acceptors (Lipinski definition) is 4. The summed E-state index contributed by atoms with van der Waals surface area (Å²) in [4.78, 5) is 12.4. The number of aromatic nitrogens is 2. The molecule has 6 nitrogen and oxygen atoms in total. The molecule has 1 aliphatic rings. The van der Waals surface area contributed by atoms with E-state index in [1.54, 1.807) is 18.4 Å². The van der Waals surface area contributed by atoms with E-state index in [0.717, 1.165) is 29.7 Å². The zero-order valence-electron chi connectivity index (χ0n) is 15.9. The Morgan fingerprint density at radius 2 is 2.19 bits per heavy atom. The first kappa shape index (κ1) is 17.9. The van der Waals surface area contributed by atoms with E-state index in [1.165, 1.54) is 24.1 Å². The molecular formula is C20H26N6S. The van der Waals surface area contributed by atoms with Crippen molar-refractivity contribution in [2.24, 2.45) is 4.99 Å². The van der Waals surface area contributed by atoms with Crippen LogP contribution in [0.1, 0.15) is 37.1 Å². The Morgan fingerprint density at radius 3 is 2.96 bits per heavy atom. The minimum atomic E-state index is 0.171. The van der Waals surface area contributed by atoms with Gasteiger partial charge < -0.3 is 15.5 Å². The number of aliphatic imine (C=N–C) groups is 1. The average Bonchev–Trinajstić information content (AvgIpc) is 3.42. The van der Waals surface area contributed by atoms with Crippen molar-refractivity contribution in [2.45, 2.75) is 32.4 Å². The maximum absolute atomic E-state index is 4.60. The fraction of sp³-hybridized carbons (Fsp3) is 0.400. The highest BCUT2D eigenvalue weighted by Crippen LogP contribution is 2.24. The molecule has 27 heavy (non-hydrogen) atoms. The summed E-state index contributed by atoms with van der Waals surface area (Å²) in [6.07, 6.45) is 6.66. The zero-order chi connectivity index (χ0) is 18.6. The number of imidazole rings is 1. The third-order valence-electron chi connectivity index (χ3n) is 5.00. The minimum Gasteiger partial charge on any atom is -0.372 e. The molecule has 2 aromatic heterocycles. The Labute approximate surface area is 164 Å². The minimum absolute atomic E-state index is 0.171. The van der Waals surface area contributed by atoms with E-state index in [1.807, 2.05) is 16.0 Å². The van der Waals surface area contributed by atoms with Gasteiger partial charge in [-0.1, -0.05) is 12.1 Å². The Bertz CT molecular complexity index is 893. The molecule has 7 heteroatoms. The fourth-order valence-electron chi connectivity index (χ4n) is 3.48. The van der Waals surface area contributed by atoms with E-state index in [2.05, 4.69) is 62.9 Å². The lowest BCUT2D eigenvalue weighted by atomic mass is 10.1. The van der Waals surface area contributed by atoms with Crippen molar-refractivity contribution in [3.63, 3.8) is 0 Å². The lowest BCUT2D eigenvalue weighted by Crippen LogP contribution is -2.38. The van der Waals surface area contributed by atoms with Gasteiger partial charge in [0.1, 0.15) is 0 Å². The van der Waals surface area contributed by atoms with Crippen LogP contribution >= 0.6 is 11.3 Å². The van der Waals surface area contributed by atoms with E-state index >= 15 is 0 Å². The van der Waals surface area contributed by atoms with Gasteiger partial charge in [-0.2, -0.15) is 0 Å². The van der Waals surface area contributed by atoms with E-state index < -0.39 is 0 Å². The normalized spacial score (nSPS) is 16.1. The topological polar surface area (TPSA) is 57.0 Å². The fourth-order valence-corrected chi connectivity index (χ4v) is 4.20. The molecule has 1 atom stereocenters. The molecule has 2 N–H and O–H groups in total. The van der Waals surface area contributed by atoms with Crippen molar-refractivity contribution in [2.75, 3.05) is 25.0 Å². The van der Waals surface area contributed by atoms with Crippen LogP contribution in [0.2, 0.25) is 0 Å². The Morgan fingerprint density at radius 1 is 1.33 bits per heavy atom. The van der Waals surface area contributed by atoms with Crippen molar-refractivity contribution in [1.29, 1.82) is 0 Å². The van der Waals surface area contributed by atoms with E-state index in [4.69, 9.17) is 0 Å². The summed E-state index contributed by atoms with van der Waals surface area (Å²) in [5.74, 6) is 0.783. The van der Waals surface area contributed by atoms with Crippen molar-refractivity contribution in [3.05, 3.63) is 53.3 Å². The van der Waals surface area contributed by atoms with Crippen LogP contribution in [0.5, 0.6) is 0 Å². The second-order valence-corrected chi connectivity index (χ2v) is 7.78. The third kappa shape index (κ3) is 4.08. The SMILES string of the molecule is CN=C(NCc1cn2ccsc2n1)NC(C)c1cccc(N2CCCC2)c1. The zero-order valence-corrected chi connectivity index (χ0v) is 16.7. The quantitative estimate of drug-likeness (QED) is 0.524. The summed E-state index contributed by atoms with van der Waals surface area (Å²) in [6.45, 7) is 5.14. The average molecular weight is 383 g/mol. The number of rotatable bonds is 5. The van der Waals surface area contributed by atoms with Crippen LogP contribution in [-0.2, 0) is 6.54 Å². The number of nitrogens with one attached hydrogen (secondary N) is 2. The predicted molar refractivity (Wildman–Crippen MR) is 113 cm³/mol. The van der Waals surface area contributed by atoms with Crippen molar-refractivity contribution in [1.82, 2.24) is 20.0 Å². The van der Waals surface area contributed by atoms with Gasteiger partial charge in [-0.05, 0) is 37.5 Å². The molecule has 1 fully saturated rings. The van der Waals surface area contributed by atoms with Gasteiger partial charge in [-0.15, -0.1) is 11.3 Å². The lowest BCUT2D eigenvalue weighted by molar-refractivity contribution is 0.683. The van der Waals surface area contributed by atoms with Crippen LogP contribution < -0.4 is 15.5 Å². The summed E-state index contributed by atoms with van der Waals surface area (Å²) in [5.41, 5.74) is 3.60. The van der Waals surface area contributed by atoms with Gasteiger partial charge in [-0.3, -0.25) is 9.39 Å². The van der Waals surface area contributed by atoms with Crippen molar-refractivity contribution < 1.29 is 0 Å². The molecule has 3 aromatic rings. The number of benzene rings is 1. The molecule has 0 spiro atoms. The van der Waals surface area contributed by atoms with E-state index in [-0.39, 0.29) is 6.04 Å². The highest BCUT2D eigenvalue weighted by Gasteiger charge is 2.14. The van der Waals surface area contributed by atoms with Crippen molar-refractivity contribution in [3.8, 4) is 0 Å². The smallest absolute Gasteiger partial charge is 0.193 e. The standard InChI is InChI=1S/C20H26N6S/c1-15(16-6-5-7-18(12-16)25-8-3-4-9-25)23-19(21-2)22-13-17-14-26-10-11-27-20(26)24-17/h5-7,10-12,14-15H,3-4,8-9,13H2,1-2H3,(H2,21,22,23). The van der Waals surface area contributed by atoms with Crippen LogP contribution in [-0.4, -0.2) is 35.5 Å². The van der Waals surface area contributed by atoms with Gasteiger partial charge in [0.2, 0.25) is 0 Å². The van der Waals surface area contributed by atoms with E-state index in [0.29, 0.717) is 6.54 Å². The first-order valence-corrected chi connectivity index (χ1v) is 10.3. The number of anilines is 1. The summed E-state index contributed by atoms with van der Waals surface area (Å²) in [6, 6.07) is 8.99. The van der Waals surface area contributed by atoms with Gasteiger partial charge in [0.25, 0.3) is 0 Å². The molecule has 1 aromatic carbocycles. The highest BCUT2D eigenvalue weighted by molar-refractivity contribution is 7.15. The summed E-state index contributed by atoms with van der Waals surface area (Å²) >= 11 is 1.64. The molecule has 1 unspecified atom stereocenters. The molecule has 1 saturated heterocycles. The predicted octanol–water partition coefficient (Wildman–Crippen LogP) is 3.42. The Hall–Kier alpha value is -2.54. The molecule has 3 heterocycles. The van der Waals surface area contributed by atoms with Gasteiger partial charge in [0, 0.05) is 43.6 Å².